The van der Waals surface area contributed by atoms with Crippen LogP contribution in [0.1, 0.15) is 96.5 Å². The molecule has 2 heteroatoms. The number of allylic oxidation sites excluding steroid dienone is 2. The Bertz CT molecular complexity index is 1040. The molecule has 0 aliphatic heterocycles. The third-order valence-electron chi connectivity index (χ3n) is 11.1. The lowest BCUT2D eigenvalue weighted by Gasteiger charge is -2.59. The summed E-state index contributed by atoms with van der Waals surface area (Å²) in [5.74, 6) is 4.38. The van der Waals surface area contributed by atoms with Gasteiger partial charge in [-0.3, -0.25) is 0 Å². The van der Waals surface area contributed by atoms with E-state index in [4.69, 9.17) is 0 Å². The molecule has 3 unspecified atom stereocenters. The lowest BCUT2D eigenvalue weighted by atomic mass is 9.45. The van der Waals surface area contributed by atoms with Crippen LogP contribution in [0.4, 0.5) is 0 Å². The maximum Gasteiger partial charge on any atom is 0.0574 e. The highest BCUT2D eigenvalue weighted by Gasteiger charge is 2.59. The van der Waals surface area contributed by atoms with Crippen LogP contribution in [-0.4, -0.2) is 10.2 Å². The van der Waals surface area contributed by atoms with Crippen LogP contribution in [-0.2, 0) is 0 Å². The highest BCUT2D eigenvalue weighted by Crippen LogP contribution is 2.69. The second-order valence-corrected chi connectivity index (χ2v) is 11.9. The summed E-state index contributed by atoms with van der Waals surface area (Å²) in [6.45, 7) is 7.57. The van der Waals surface area contributed by atoms with Gasteiger partial charge >= 0.3 is 0 Å². The van der Waals surface area contributed by atoms with Gasteiger partial charge in [-0.2, -0.15) is 10.2 Å². The molecular formula is C30H40N2. The molecular weight excluding hydrogens is 388 g/mol. The van der Waals surface area contributed by atoms with E-state index in [-0.39, 0.29) is 0 Å². The highest BCUT2D eigenvalue weighted by atomic mass is 15.1. The first kappa shape index (κ1) is 20.9. The molecule has 2 nitrogen and oxygen atoms in total. The fourth-order valence-corrected chi connectivity index (χ4v) is 9.32. The number of hydrogen-bond acceptors (Lipinski definition) is 2. The molecule has 0 radical (unpaired) electrons. The minimum Gasteiger partial charge on any atom is -0.158 e. The molecule has 0 saturated heterocycles. The minimum absolute atomic E-state index is 0.455. The van der Waals surface area contributed by atoms with Crippen molar-refractivity contribution in [1.29, 1.82) is 0 Å². The van der Waals surface area contributed by atoms with Crippen molar-refractivity contribution in [2.75, 3.05) is 0 Å². The van der Waals surface area contributed by atoms with Gasteiger partial charge in [0.2, 0.25) is 0 Å². The van der Waals surface area contributed by atoms with Gasteiger partial charge in [0.1, 0.15) is 0 Å². The molecule has 170 valence electrons. The van der Waals surface area contributed by atoms with E-state index in [1.165, 1.54) is 75.0 Å². The fourth-order valence-electron chi connectivity index (χ4n) is 9.32. The lowest BCUT2D eigenvalue weighted by molar-refractivity contribution is -0.0432. The molecule has 1 heterocycles. The molecule has 2 aromatic rings. The van der Waals surface area contributed by atoms with Gasteiger partial charge in [0.05, 0.1) is 12.4 Å². The van der Waals surface area contributed by atoms with Gasteiger partial charge in [0.25, 0.3) is 0 Å². The maximum atomic E-state index is 4.14. The van der Waals surface area contributed by atoms with E-state index in [1.807, 2.05) is 18.0 Å². The van der Waals surface area contributed by atoms with Gasteiger partial charge < -0.3 is 0 Å². The Morgan fingerprint density at radius 1 is 0.938 bits per heavy atom. The van der Waals surface area contributed by atoms with Gasteiger partial charge in [-0.1, -0.05) is 51.0 Å². The number of fused-ring (bicyclic) bond motifs is 6. The molecule has 0 spiro atoms. The number of hydrogen-bond donors (Lipinski definition) is 0. The fraction of sp³-hybridized carbons (Fsp3) is 0.667. The van der Waals surface area contributed by atoms with Gasteiger partial charge in [-0.15, -0.1) is 0 Å². The molecule has 1 aromatic heterocycles. The smallest absolute Gasteiger partial charge is 0.0574 e. The molecule has 0 N–H and O–H groups in total. The van der Waals surface area contributed by atoms with Crippen molar-refractivity contribution < 1.29 is 0 Å². The van der Waals surface area contributed by atoms with E-state index < -0.39 is 0 Å². The SMILES string of the molecule is CCC1CC[C@@]2(CC)C(=CC[C@H]3C2CC[C@@]2(C)C3CC[C@@H]2c2ccc3cnncc3c2)C1. The minimum atomic E-state index is 0.455. The second kappa shape index (κ2) is 7.67. The summed E-state index contributed by atoms with van der Waals surface area (Å²) in [7, 11) is 0. The first-order valence-corrected chi connectivity index (χ1v) is 13.5. The van der Waals surface area contributed by atoms with Crippen LogP contribution in [0, 0.1) is 34.5 Å². The summed E-state index contributed by atoms with van der Waals surface area (Å²) < 4.78 is 0. The number of rotatable bonds is 3. The zero-order chi connectivity index (χ0) is 21.9. The summed E-state index contributed by atoms with van der Waals surface area (Å²) in [5, 5.41) is 10.7. The Kier molecular flexibility index (Phi) is 5.01. The molecule has 7 atom stereocenters. The van der Waals surface area contributed by atoms with Crippen LogP contribution >= 0.6 is 0 Å². The average molecular weight is 429 g/mol. The van der Waals surface area contributed by atoms with Crippen LogP contribution in [0.5, 0.6) is 0 Å². The Balaban J connectivity index is 1.32. The predicted octanol–water partition coefficient (Wildman–Crippen LogP) is 8.09. The first-order valence-electron chi connectivity index (χ1n) is 13.5. The monoisotopic (exact) mass is 428 g/mol. The quantitative estimate of drug-likeness (QED) is 0.462. The van der Waals surface area contributed by atoms with E-state index >= 15 is 0 Å². The van der Waals surface area contributed by atoms with Crippen LogP contribution in [0.15, 0.2) is 42.2 Å². The number of benzene rings is 1. The van der Waals surface area contributed by atoms with Crippen LogP contribution in [0.2, 0.25) is 0 Å². The van der Waals surface area contributed by atoms with Crippen molar-refractivity contribution in [2.24, 2.45) is 34.5 Å². The van der Waals surface area contributed by atoms with Crippen LogP contribution in [0.3, 0.4) is 0 Å². The molecule has 4 aliphatic rings. The molecule has 3 saturated carbocycles. The van der Waals surface area contributed by atoms with Crippen LogP contribution < -0.4 is 0 Å². The lowest BCUT2D eigenvalue weighted by Crippen LogP contribution is -2.50. The summed E-state index contributed by atoms with van der Waals surface area (Å²) >= 11 is 0. The molecule has 0 amide bonds. The number of nitrogens with zero attached hydrogens (tertiary/aromatic N) is 2. The zero-order valence-electron chi connectivity index (χ0n) is 20.3. The number of aromatic nitrogens is 2. The molecule has 4 aliphatic carbocycles. The molecule has 32 heavy (non-hydrogen) atoms. The third-order valence-corrected chi connectivity index (χ3v) is 11.1. The van der Waals surface area contributed by atoms with Gasteiger partial charge in [-0.05, 0) is 110 Å². The molecule has 0 bridgehead atoms. The Morgan fingerprint density at radius 2 is 1.78 bits per heavy atom. The average Bonchev–Trinajstić information content (AvgIpc) is 3.20. The molecule has 3 fully saturated rings. The van der Waals surface area contributed by atoms with Crippen molar-refractivity contribution in [3.8, 4) is 0 Å². The normalized spacial score (nSPS) is 41.0. The molecule has 1 aromatic carbocycles. The largest absolute Gasteiger partial charge is 0.158 e. The van der Waals surface area contributed by atoms with Crippen molar-refractivity contribution in [1.82, 2.24) is 10.2 Å². The van der Waals surface area contributed by atoms with E-state index in [2.05, 4.69) is 55.2 Å². The standard InChI is InChI=1S/C30H40N2/c1-4-20-12-15-30(5-2)24(16-20)8-9-25-27-11-10-26(29(27,3)14-13-28(25)30)21-6-7-22-18-31-32-19-23(22)17-21/h6-8,17-20,25-28H,4-5,9-16H2,1-3H3/t20?,25-,26-,27?,28?,29-,30+/m1/s1. The second-order valence-electron chi connectivity index (χ2n) is 11.9. The Morgan fingerprint density at radius 3 is 2.59 bits per heavy atom. The topological polar surface area (TPSA) is 25.8 Å². The predicted molar refractivity (Wildman–Crippen MR) is 132 cm³/mol. The van der Waals surface area contributed by atoms with E-state index in [9.17, 15) is 0 Å². The van der Waals surface area contributed by atoms with Crippen LogP contribution in [0.25, 0.3) is 10.8 Å². The summed E-state index contributed by atoms with van der Waals surface area (Å²) in [6, 6.07) is 7.09. The highest BCUT2D eigenvalue weighted by molar-refractivity contribution is 5.81. The van der Waals surface area contributed by atoms with Gasteiger partial charge in [0.15, 0.2) is 0 Å². The van der Waals surface area contributed by atoms with Crippen molar-refractivity contribution >= 4 is 10.8 Å². The Labute approximate surface area is 194 Å². The first-order chi connectivity index (χ1) is 15.6. The Hall–Kier alpha value is -1.70. The summed E-state index contributed by atoms with van der Waals surface area (Å²) in [4.78, 5) is 0. The van der Waals surface area contributed by atoms with Crippen molar-refractivity contribution in [3.05, 3.63) is 47.8 Å². The molecule has 6 rings (SSSR count). The van der Waals surface area contributed by atoms with E-state index in [0.29, 0.717) is 16.7 Å². The van der Waals surface area contributed by atoms with Gasteiger partial charge in [-0.25, -0.2) is 0 Å². The zero-order valence-corrected chi connectivity index (χ0v) is 20.3. The maximum absolute atomic E-state index is 4.14. The van der Waals surface area contributed by atoms with Crippen molar-refractivity contribution in [3.63, 3.8) is 0 Å². The van der Waals surface area contributed by atoms with E-state index in [1.54, 1.807) is 5.56 Å². The summed E-state index contributed by atoms with van der Waals surface area (Å²) in [5.41, 5.74) is 4.43. The summed E-state index contributed by atoms with van der Waals surface area (Å²) in [6.07, 6.45) is 20.7. The van der Waals surface area contributed by atoms with Gasteiger partial charge in [0, 0.05) is 10.8 Å². The van der Waals surface area contributed by atoms with Crippen molar-refractivity contribution in [2.45, 2.75) is 90.9 Å². The van der Waals surface area contributed by atoms with E-state index in [0.717, 1.165) is 23.7 Å². The third kappa shape index (κ3) is 2.90.